The summed E-state index contributed by atoms with van der Waals surface area (Å²) in [6.45, 7) is 1.67. The van der Waals surface area contributed by atoms with E-state index in [1.807, 2.05) is 0 Å². The maximum atomic E-state index is 13.4. The Balaban J connectivity index is 1.69. The highest BCUT2D eigenvalue weighted by Crippen LogP contribution is 2.18. The third-order valence-corrected chi connectivity index (χ3v) is 4.79. The SMILES string of the molecule is CC(NC(=O)c1cccc(NC(=O)c2cccs2)c1)c1ccc(F)c(F)c1. The number of hydrogen-bond acceptors (Lipinski definition) is 3. The van der Waals surface area contributed by atoms with Crippen LogP contribution in [-0.4, -0.2) is 11.8 Å². The number of thiophene rings is 1. The Morgan fingerprint density at radius 2 is 1.78 bits per heavy atom. The molecule has 0 fully saturated rings. The summed E-state index contributed by atoms with van der Waals surface area (Å²) >= 11 is 1.32. The Kier molecular flexibility index (Phi) is 5.61. The zero-order valence-electron chi connectivity index (χ0n) is 14.3. The third kappa shape index (κ3) is 4.57. The number of benzene rings is 2. The molecule has 3 rings (SSSR count). The molecule has 0 bridgehead atoms. The van der Waals surface area contributed by atoms with Crippen LogP contribution in [0.3, 0.4) is 0 Å². The van der Waals surface area contributed by atoms with Crippen LogP contribution in [0.1, 0.15) is 38.6 Å². The van der Waals surface area contributed by atoms with E-state index in [4.69, 9.17) is 0 Å². The summed E-state index contributed by atoms with van der Waals surface area (Å²) in [6, 6.07) is 13.0. The summed E-state index contributed by atoms with van der Waals surface area (Å²) in [5, 5.41) is 7.27. The van der Waals surface area contributed by atoms with Crippen molar-refractivity contribution in [1.29, 1.82) is 0 Å². The van der Waals surface area contributed by atoms with E-state index < -0.39 is 17.7 Å². The van der Waals surface area contributed by atoms with Gasteiger partial charge in [0.25, 0.3) is 11.8 Å². The average Bonchev–Trinajstić information content (AvgIpc) is 3.19. The first-order valence-electron chi connectivity index (χ1n) is 8.15. The van der Waals surface area contributed by atoms with Gasteiger partial charge in [0.15, 0.2) is 11.6 Å². The molecular formula is C20H16F2N2O2S. The summed E-state index contributed by atoms with van der Waals surface area (Å²) in [6.07, 6.45) is 0. The van der Waals surface area contributed by atoms with Crippen molar-refractivity contribution in [2.24, 2.45) is 0 Å². The van der Waals surface area contributed by atoms with Gasteiger partial charge in [-0.25, -0.2) is 8.78 Å². The molecular weight excluding hydrogens is 370 g/mol. The highest BCUT2D eigenvalue weighted by atomic mass is 32.1. The van der Waals surface area contributed by atoms with Gasteiger partial charge < -0.3 is 10.6 Å². The molecule has 0 aliphatic carbocycles. The van der Waals surface area contributed by atoms with Crippen LogP contribution in [0, 0.1) is 11.6 Å². The Morgan fingerprint density at radius 3 is 2.48 bits per heavy atom. The molecule has 2 amide bonds. The zero-order chi connectivity index (χ0) is 19.4. The molecule has 0 aliphatic rings. The molecule has 0 spiro atoms. The number of amides is 2. The number of halogens is 2. The lowest BCUT2D eigenvalue weighted by Crippen LogP contribution is -2.26. The standard InChI is InChI=1S/C20H16F2N2O2S/c1-12(13-7-8-16(21)17(22)11-13)23-19(25)14-4-2-5-15(10-14)24-20(26)18-6-3-9-27-18/h2-12H,1H3,(H,23,25)(H,24,26). The van der Waals surface area contributed by atoms with Gasteiger partial charge in [-0.15, -0.1) is 11.3 Å². The Hall–Kier alpha value is -3.06. The molecule has 0 radical (unpaired) electrons. The fourth-order valence-corrected chi connectivity index (χ4v) is 3.10. The van der Waals surface area contributed by atoms with Crippen LogP contribution in [-0.2, 0) is 0 Å². The topological polar surface area (TPSA) is 58.2 Å². The van der Waals surface area contributed by atoms with Crippen LogP contribution in [0.15, 0.2) is 60.0 Å². The number of nitrogens with one attached hydrogen (secondary N) is 2. The van der Waals surface area contributed by atoms with E-state index in [0.29, 0.717) is 21.7 Å². The highest BCUT2D eigenvalue weighted by Gasteiger charge is 2.14. The fourth-order valence-electron chi connectivity index (χ4n) is 2.48. The molecule has 0 saturated heterocycles. The van der Waals surface area contributed by atoms with E-state index in [1.165, 1.54) is 17.4 Å². The second kappa shape index (κ2) is 8.09. The van der Waals surface area contributed by atoms with Crippen molar-refractivity contribution in [3.05, 3.63) is 87.6 Å². The summed E-state index contributed by atoms with van der Waals surface area (Å²) in [5.74, 6) is -2.55. The molecule has 27 heavy (non-hydrogen) atoms. The molecule has 0 aliphatic heterocycles. The quantitative estimate of drug-likeness (QED) is 0.664. The lowest BCUT2D eigenvalue weighted by molar-refractivity contribution is 0.0938. The van der Waals surface area contributed by atoms with Crippen molar-refractivity contribution in [1.82, 2.24) is 5.32 Å². The summed E-state index contributed by atoms with van der Waals surface area (Å²) in [4.78, 5) is 25.1. The van der Waals surface area contributed by atoms with E-state index in [2.05, 4.69) is 10.6 Å². The average molecular weight is 386 g/mol. The number of carbonyl (C=O) groups is 2. The van der Waals surface area contributed by atoms with Gasteiger partial charge in [0.2, 0.25) is 0 Å². The van der Waals surface area contributed by atoms with Crippen molar-refractivity contribution in [3.63, 3.8) is 0 Å². The van der Waals surface area contributed by atoms with Crippen LogP contribution in [0.2, 0.25) is 0 Å². The van der Waals surface area contributed by atoms with E-state index in [9.17, 15) is 18.4 Å². The van der Waals surface area contributed by atoms with Gasteiger partial charge in [0, 0.05) is 11.3 Å². The lowest BCUT2D eigenvalue weighted by atomic mass is 10.1. The highest BCUT2D eigenvalue weighted by molar-refractivity contribution is 7.12. The largest absolute Gasteiger partial charge is 0.346 e. The third-order valence-electron chi connectivity index (χ3n) is 3.92. The van der Waals surface area contributed by atoms with Crippen LogP contribution >= 0.6 is 11.3 Å². The molecule has 4 nitrogen and oxygen atoms in total. The first-order valence-corrected chi connectivity index (χ1v) is 9.03. The normalized spacial score (nSPS) is 11.7. The zero-order valence-corrected chi connectivity index (χ0v) is 15.1. The van der Waals surface area contributed by atoms with Crippen LogP contribution in [0.4, 0.5) is 14.5 Å². The van der Waals surface area contributed by atoms with Crippen LogP contribution in [0.5, 0.6) is 0 Å². The second-order valence-electron chi connectivity index (χ2n) is 5.88. The van der Waals surface area contributed by atoms with Gasteiger partial charge in [0.1, 0.15) is 0 Å². The summed E-state index contributed by atoms with van der Waals surface area (Å²) in [7, 11) is 0. The molecule has 1 unspecified atom stereocenters. The van der Waals surface area contributed by atoms with Gasteiger partial charge in [-0.05, 0) is 54.3 Å². The minimum Gasteiger partial charge on any atom is -0.346 e. The Morgan fingerprint density at radius 1 is 0.963 bits per heavy atom. The molecule has 1 atom stereocenters. The second-order valence-corrected chi connectivity index (χ2v) is 6.83. The summed E-state index contributed by atoms with van der Waals surface area (Å²) < 4.78 is 26.4. The molecule has 1 aromatic heterocycles. The van der Waals surface area contributed by atoms with Crippen molar-refractivity contribution in [3.8, 4) is 0 Å². The fraction of sp³-hybridized carbons (Fsp3) is 0.100. The molecule has 3 aromatic rings. The van der Waals surface area contributed by atoms with E-state index >= 15 is 0 Å². The Bertz CT molecular complexity index is 974. The monoisotopic (exact) mass is 386 g/mol. The first kappa shape index (κ1) is 18.7. The molecule has 2 N–H and O–H groups in total. The number of hydrogen-bond donors (Lipinski definition) is 2. The molecule has 7 heteroatoms. The molecule has 0 saturated carbocycles. The van der Waals surface area contributed by atoms with E-state index in [1.54, 1.807) is 48.7 Å². The predicted molar refractivity (Wildman–Crippen MR) is 101 cm³/mol. The Labute approximate surface area is 158 Å². The number of rotatable bonds is 5. The maximum Gasteiger partial charge on any atom is 0.265 e. The van der Waals surface area contributed by atoms with Gasteiger partial charge in [-0.1, -0.05) is 18.2 Å². The molecule has 1 heterocycles. The van der Waals surface area contributed by atoms with Crippen molar-refractivity contribution >= 4 is 28.8 Å². The maximum absolute atomic E-state index is 13.4. The number of carbonyl (C=O) groups excluding carboxylic acids is 2. The van der Waals surface area contributed by atoms with Crippen molar-refractivity contribution in [2.75, 3.05) is 5.32 Å². The van der Waals surface area contributed by atoms with Crippen LogP contribution in [0.25, 0.3) is 0 Å². The van der Waals surface area contributed by atoms with E-state index in [-0.39, 0.29) is 11.8 Å². The van der Waals surface area contributed by atoms with Gasteiger partial charge >= 0.3 is 0 Å². The van der Waals surface area contributed by atoms with E-state index in [0.717, 1.165) is 12.1 Å². The number of anilines is 1. The minimum atomic E-state index is -0.966. The molecule has 2 aromatic carbocycles. The summed E-state index contributed by atoms with van der Waals surface area (Å²) in [5.41, 5.74) is 1.28. The van der Waals surface area contributed by atoms with Crippen molar-refractivity contribution in [2.45, 2.75) is 13.0 Å². The van der Waals surface area contributed by atoms with Gasteiger partial charge in [-0.3, -0.25) is 9.59 Å². The van der Waals surface area contributed by atoms with Gasteiger partial charge in [-0.2, -0.15) is 0 Å². The minimum absolute atomic E-state index is 0.252. The van der Waals surface area contributed by atoms with Crippen molar-refractivity contribution < 1.29 is 18.4 Å². The molecule has 138 valence electrons. The predicted octanol–water partition coefficient (Wildman–Crippen LogP) is 4.77. The van der Waals surface area contributed by atoms with Crippen LogP contribution < -0.4 is 10.6 Å². The van der Waals surface area contributed by atoms with Gasteiger partial charge in [0.05, 0.1) is 10.9 Å². The lowest BCUT2D eigenvalue weighted by Gasteiger charge is -2.15. The smallest absolute Gasteiger partial charge is 0.265 e. The first-order chi connectivity index (χ1) is 12.9.